The van der Waals surface area contributed by atoms with E-state index < -0.39 is 0 Å². The quantitative estimate of drug-likeness (QED) is 0.498. The van der Waals surface area contributed by atoms with Crippen molar-refractivity contribution in [2.75, 3.05) is 6.61 Å². The van der Waals surface area contributed by atoms with Crippen molar-refractivity contribution in [1.29, 1.82) is 0 Å². The van der Waals surface area contributed by atoms with Crippen LogP contribution >= 0.6 is 0 Å². The van der Waals surface area contributed by atoms with Crippen LogP contribution in [0.4, 0.5) is 0 Å². The number of ether oxygens (including phenoxy) is 1. The van der Waals surface area contributed by atoms with E-state index >= 15 is 0 Å². The smallest absolute Gasteiger partial charge is 0.198 e. The average molecular weight is 397 g/mol. The second-order valence-corrected chi connectivity index (χ2v) is 7.59. The van der Waals surface area contributed by atoms with E-state index in [1.54, 1.807) is 6.20 Å². The molecule has 5 nitrogen and oxygen atoms in total. The number of aryl methyl sites for hydroxylation is 2. The van der Waals surface area contributed by atoms with Crippen LogP contribution in [0.1, 0.15) is 52.6 Å². The van der Waals surface area contributed by atoms with Gasteiger partial charge >= 0.3 is 0 Å². The molecule has 0 saturated carbocycles. The number of carbonyl (C=O) groups is 1. The first-order valence-corrected chi connectivity index (χ1v) is 10.4. The van der Waals surface area contributed by atoms with Gasteiger partial charge in [-0.25, -0.2) is 9.67 Å². The van der Waals surface area contributed by atoms with Crippen LogP contribution in [0.15, 0.2) is 60.8 Å². The molecule has 4 aromatic rings. The molecular weight excluding hydrogens is 374 g/mol. The fourth-order valence-electron chi connectivity index (χ4n) is 4.29. The summed E-state index contributed by atoms with van der Waals surface area (Å²) in [5.41, 5.74) is 5.08. The summed E-state index contributed by atoms with van der Waals surface area (Å²) in [7, 11) is 0. The number of nitrogens with zero attached hydrogens (tertiary/aromatic N) is 3. The number of hydrogen-bond donors (Lipinski definition) is 0. The number of benzene rings is 2. The van der Waals surface area contributed by atoms with Crippen LogP contribution in [0, 0.1) is 0 Å². The Morgan fingerprint density at radius 1 is 1.07 bits per heavy atom. The third-order valence-corrected chi connectivity index (χ3v) is 5.83. The van der Waals surface area contributed by atoms with Gasteiger partial charge in [0.2, 0.25) is 0 Å². The Labute approximate surface area is 175 Å². The molecule has 1 unspecified atom stereocenters. The van der Waals surface area contributed by atoms with Gasteiger partial charge < -0.3 is 4.74 Å². The SMILES string of the molecule is CCOc1c2c(nc3c1cnn3C(C)c1ccccc1)CCc1ccccc1C2=O. The highest BCUT2D eigenvalue weighted by molar-refractivity contribution is 6.15. The summed E-state index contributed by atoms with van der Waals surface area (Å²) in [6, 6.07) is 18.1. The molecule has 0 saturated heterocycles. The van der Waals surface area contributed by atoms with Gasteiger partial charge in [-0.05, 0) is 37.8 Å². The number of fused-ring (bicyclic) bond motifs is 3. The summed E-state index contributed by atoms with van der Waals surface area (Å²) >= 11 is 0. The maximum Gasteiger partial charge on any atom is 0.198 e. The molecule has 0 fully saturated rings. The monoisotopic (exact) mass is 397 g/mol. The molecule has 1 aliphatic carbocycles. The molecule has 0 N–H and O–H groups in total. The van der Waals surface area contributed by atoms with Gasteiger partial charge in [0.15, 0.2) is 11.4 Å². The standard InChI is InChI=1S/C25H23N3O2/c1-3-30-24-20-15-26-28(16(2)17-9-5-4-6-10-17)25(20)27-21-14-13-18-11-7-8-12-19(18)23(29)22(21)24/h4-12,15-16H,3,13-14H2,1-2H3. The molecule has 1 atom stereocenters. The van der Waals surface area contributed by atoms with Crippen LogP contribution in [0.25, 0.3) is 11.0 Å². The number of ketones is 1. The maximum atomic E-state index is 13.5. The maximum absolute atomic E-state index is 13.5. The van der Waals surface area contributed by atoms with E-state index in [2.05, 4.69) is 24.2 Å². The largest absolute Gasteiger partial charge is 0.492 e. The molecular formula is C25H23N3O2. The first-order chi connectivity index (χ1) is 14.7. The van der Waals surface area contributed by atoms with Gasteiger partial charge in [-0.2, -0.15) is 5.10 Å². The Kier molecular flexibility index (Phi) is 4.58. The zero-order valence-corrected chi connectivity index (χ0v) is 17.1. The van der Waals surface area contributed by atoms with E-state index in [1.807, 2.05) is 54.1 Å². The lowest BCUT2D eigenvalue weighted by atomic mass is 9.99. The summed E-state index contributed by atoms with van der Waals surface area (Å²) in [5, 5.41) is 5.42. The lowest BCUT2D eigenvalue weighted by Gasteiger charge is -2.16. The highest BCUT2D eigenvalue weighted by Crippen LogP contribution is 2.37. The number of aromatic nitrogens is 3. The average Bonchev–Trinajstić information content (AvgIpc) is 3.15. The number of hydrogen-bond acceptors (Lipinski definition) is 4. The van der Waals surface area contributed by atoms with Crippen molar-refractivity contribution in [3.63, 3.8) is 0 Å². The van der Waals surface area contributed by atoms with Crippen molar-refractivity contribution in [2.45, 2.75) is 32.7 Å². The Balaban J connectivity index is 1.72. The normalized spacial score (nSPS) is 14.1. The zero-order chi connectivity index (χ0) is 20.7. The van der Waals surface area contributed by atoms with Gasteiger partial charge in [0.1, 0.15) is 5.75 Å². The van der Waals surface area contributed by atoms with Crippen LogP contribution in [0.2, 0.25) is 0 Å². The highest BCUT2D eigenvalue weighted by atomic mass is 16.5. The molecule has 0 bridgehead atoms. The lowest BCUT2D eigenvalue weighted by Crippen LogP contribution is -2.13. The molecule has 5 rings (SSSR count). The van der Waals surface area contributed by atoms with Gasteiger partial charge in [-0.15, -0.1) is 0 Å². The van der Waals surface area contributed by atoms with Crippen molar-refractivity contribution in [1.82, 2.24) is 14.8 Å². The molecule has 150 valence electrons. The minimum atomic E-state index is -0.0141. The zero-order valence-electron chi connectivity index (χ0n) is 17.1. The van der Waals surface area contributed by atoms with Gasteiger partial charge in [-0.3, -0.25) is 4.79 Å². The Hall–Kier alpha value is -3.47. The summed E-state index contributed by atoms with van der Waals surface area (Å²) in [6.45, 7) is 4.52. The minimum absolute atomic E-state index is 0.0141. The first-order valence-electron chi connectivity index (χ1n) is 10.4. The van der Waals surface area contributed by atoms with Crippen molar-refractivity contribution < 1.29 is 9.53 Å². The van der Waals surface area contributed by atoms with Gasteiger partial charge in [0, 0.05) is 5.56 Å². The van der Waals surface area contributed by atoms with Gasteiger partial charge in [0.05, 0.1) is 35.5 Å². The highest BCUT2D eigenvalue weighted by Gasteiger charge is 2.29. The van der Waals surface area contributed by atoms with Crippen molar-refractivity contribution in [3.8, 4) is 5.75 Å². The third kappa shape index (κ3) is 2.89. The molecule has 2 heterocycles. The molecule has 0 aliphatic heterocycles. The van der Waals surface area contributed by atoms with Crippen molar-refractivity contribution >= 4 is 16.8 Å². The number of carbonyl (C=O) groups excluding carboxylic acids is 1. The molecule has 0 spiro atoms. The summed E-state index contributed by atoms with van der Waals surface area (Å²) in [4.78, 5) is 18.4. The van der Waals surface area contributed by atoms with E-state index in [-0.39, 0.29) is 11.8 Å². The Morgan fingerprint density at radius 3 is 2.63 bits per heavy atom. The first kappa shape index (κ1) is 18.6. The molecule has 2 aromatic carbocycles. The van der Waals surface area contributed by atoms with Gasteiger partial charge in [0.25, 0.3) is 0 Å². The van der Waals surface area contributed by atoms with Crippen LogP contribution in [-0.4, -0.2) is 27.2 Å². The predicted octanol–water partition coefficient (Wildman–Crippen LogP) is 4.77. The van der Waals surface area contributed by atoms with Crippen LogP contribution in [0.3, 0.4) is 0 Å². The number of pyridine rings is 1. The van der Waals surface area contributed by atoms with Crippen LogP contribution in [0.5, 0.6) is 5.75 Å². The lowest BCUT2D eigenvalue weighted by molar-refractivity contribution is 0.103. The molecule has 5 heteroatoms. The van der Waals surface area contributed by atoms with Crippen LogP contribution in [-0.2, 0) is 12.8 Å². The Morgan fingerprint density at radius 2 is 1.83 bits per heavy atom. The second kappa shape index (κ2) is 7.41. The molecule has 1 aliphatic rings. The van der Waals surface area contributed by atoms with Gasteiger partial charge in [-0.1, -0.05) is 54.6 Å². The Bertz CT molecular complexity index is 1240. The topological polar surface area (TPSA) is 57.0 Å². The van der Waals surface area contributed by atoms with Crippen LogP contribution < -0.4 is 4.74 Å². The predicted molar refractivity (Wildman–Crippen MR) is 116 cm³/mol. The van der Waals surface area contributed by atoms with E-state index in [1.165, 1.54) is 0 Å². The number of rotatable bonds is 4. The second-order valence-electron chi connectivity index (χ2n) is 7.59. The molecule has 0 radical (unpaired) electrons. The summed E-state index contributed by atoms with van der Waals surface area (Å²) in [5.74, 6) is 0.588. The van der Waals surface area contributed by atoms with Crippen molar-refractivity contribution in [2.24, 2.45) is 0 Å². The minimum Gasteiger partial charge on any atom is -0.492 e. The molecule has 30 heavy (non-hydrogen) atoms. The van der Waals surface area contributed by atoms with Crippen molar-refractivity contribution in [3.05, 3.63) is 88.7 Å². The van der Waals surface area contributed by atoms with E-state index in [4.69, 9.17) is 9.72 Å². The third-order valence-electron chi connectivity index (χ3n) is 5.83. The fraction of sp³-hybridized carbons (Fsp3) is 0.240. The fourth-order valence-corrected chi connectivity index (χ4v) is 4.29. The molecule has 0 amide bonds. The van der Waals surface area contributed by atoms with E-state index in [0.717, 1.165) is 39.8 Å². The van der Waals surface area contributed by atoms with E-state index in [9.17, 15) is 4.79 Å². The summed E-state index contributed by atoms with van der Waals surface area (Å²) < 4.78 is 7.97. The summed E-state index contributed by atoms with van der Waals surface area (Å²) in [6.07, 6.45) is 3.25. The van der Waals surface area contributed by atoms with E-state index in [0.29, 0.717) is 24.3 Å². The molecule has 2 aromatic heterocycles.